The summed E-state index contributed by atoms with van der Waals surface area (Å²) in [5, 5.41) is 7.84. The molecule has 3 nitrogen and oxygen atoms in total. The molecule has 0 fully saturated rings. The third-order valence-electron chi connectivity index (χ3n) is 3.60. The van der Waals surface area contributed by atoms with Crippen molar-refractivity contribution in [2.45, 2.75) is 33.4 Å². The molecule has 0 aliphatic heterocycles. The molecule has 0 amide bonds. The van der Waals surface area contributed by atoms with Crippen LogP contribution in [-0.4, -0.2) is 9.78 Å². The van der Waals surface area contributed by atoms with Gasteiger partial charge in [0.15, 0.2) is 0 Å². The van der Waals surface area contributed by atoms with Crippen molar-refractivity contribution in [3.63, 3.8) is 0 Å². The summed E-state index contributed by atoms with van der Waals surface area (Å²) in [5.74, 6) is 0. The van der Waals surface area contributed by atoms with E-state index >= 15 is 0 Å². The molecule has 0 bridgehead atoms. The van der Waals surface area contributed by atoms with Crippen LogP contribution in [0.4, 0.5) is 0 Å². The Labute approximate surface area is 109 Å². The highest BCUT2D eigenvalue weighted by molar-refractivity contribution is 5.26. The first-order valence-electron chi connectivity index (χ1n) is 6.36. The predicted molar refractivity (Wildman–Crippen MR) is 74.4 cm³/mol. The first-order valence-corrected chi connectivity index (χ1v) is 6.36. The van der Waals surface area contributed by atoms with Gasteiger partial charge in [0.25, 0.3) is 0 Å². The zero-order valence-electron chi connectivity index (χ0n) is 11.6. The summed E-state index contributed by atoms with van der Waals surface area (Å²) in [6, 6.07) is 8.80. The van der Waals surface area contributed by atoms with Crippen LogP contribution in [0.15, 0.2) is 30.5 Å². The van der Waals surface area contributed by atoms with Crippen LogP contribution in [0.3, 0.4) is 0 Å². The highest BCUT2D eigenvalue weighted by Crippen LogP contribution is 2.17. The van der Waals surface area contributed by atoms with Gasteiger partial charge in [-0.05, 0) is 31.9 Å². The van der Waals surface area contributed by atoms with Crippen LogP contribution in [-0.2, 0) is 13.6 Å². The van der Waals surface area contributed by atoms with Crippen LogP contribution in [0.2, 0.25) is 0 Å². The molecule has 0 saturated heterocycles. The number of aryl methyl sites for hydroxylation is 2. The van der Waals surface area contributed by atoms with Crippen LogP contribution in [0, 0.1) is 13.8 Å². The largest absolute Gasteiger partial charge is 0.306 e. The van der Waals surface area contributed by atoms with E-state index in [1.54, 1.807) is 0 Å². The first kappa shape index (κ1) is 12.8. The second kappa shape index (κ2) is 5.36. The zero-order chi connectivity index (χ0) is 13.1. The van der Waals surface area contributed by atoms with Crippen molar-refractivity contribution in [2.24, 2.45) is 7.05 Å². The number of rotatable bonds is 4. The van der Waals surface area contributed by atoms with Gasteiger partial charge in [-0.1, -0.05) is 24.3 Å². The van der Waals surface area contributed by atoms with Gasteiger partial charge in [0.1, 0.15) is 0 Å². The molecule has 2 aromatic rings. The van der Waals surface area contributed by atoms with Crippen molar-refractivity contribution in [1.82, 2.24) is 15.1 Å². The SMILES string of the molecule is Cc1ccccc1CNC(C)c1cnn(C)c1C. The van der Waals surface area contributed by atoms with Crippen molar-refractivity contribution in [3.05, 3.63) is 52.8 Å². The van der Waals surface area contributed by atoms with Crippen LogP contribution in [0.5, 0.6) is 0 Å². The number of hydrogen-bond acceptors (Lipinski definition) is 2. The third-order valence-corrected chi connectivity index (χ3v) is 3.60. The first-order chi connectivity index (χ1) is 8.59. The van der Waals surface area contributed by atoms with Gasteiger partial charge in [-0.2, -0.15) is 5.10 Å². The minimum absolute atomic E-state index is 0.318. The van der Waals surface area contributed by atoms with E-state index in [0.717, 1.165) is 6.54 Å². The molecular formula is C15H21N3. The normalized spacial score (nSPS) is 12.7. The average molecular weight is 243 g/mol. The Bertz CT molecular complexity index is 528. The molecule has 1 heterocycles. The highest BCUT2D eigenvalue weighted by atomic mass is 15.3. The molecule has 0 radical (unpaired) electrons. The topological polar surface area (TPSA) is 29.9 Å². The summed E-state index contributed by atoms with van der Waals surface area (Å²) in [7, 11) is 1.98. The van der Waals surface area contributed by atoms with Gasteiger partial charge >= 0.3 is 0 Å². The Kier molecular flexibility index (Phi) is 3.82. The minimum Gasteiger partial charge on any atom is -0.306 e. The minimum atomic E-state index is 0.318. The maximum absolute atomic E-state index is 4.29. The number of hydrogen-bond donors (Lipinski definition) is 1. The van der Waals surface area contributed by atoms with Gasteiger partial charge in [0.2, 0.25) is 0 Å². The highest BCUT2D eigenvalue weighted by Gasteiger charge is 2.11. The molecule has 2 rings (SSSR count). The number of nitrogens with zero attached hydrogens (tertiary/aromatic N) is 2. The van der Waals surface area contributed by atoms with E-state index in [1.807, 2.05) is 17.9 Å². The van der Waals surface area contributed by atoms with E-state index in [9.17, 15) is 0 Å². The van der Waals surface area contributed by atoms with E-state index < -0.39 is 0 Å². The molecule has 0 saturated carbocycles. The fourth-order valence-electron chi connectivity index (χ4n) is 2.12. The van der Waals surface area contributed by atoms with E-state index in [-0.39, 0.29) is 0 Å². The fourth-order valence-corrected chi connectivity index (χ4v) is 2.12. The average Bonchev–Trinajstić information content (AvgIpc) is 2.69. The van der Waals surface area contributed by atoms with Crippen molar-refractivity contribution in [2.75, 3.05) is 0 Å². The van der Waals surface area contributed by atoms with Crippen molar-refractivity contribution in [3.8, 4) is 0 Å². The molecule has 1 atom stereocenters. The van der Waals surface area contributed by atoms with Gasteiger partial charge in [-0.15, -0.1) is 0 Å². The second-order valence-corrected chi connectivity index (χ2v) is 4.84. The van der Waals surface area contributed by atoms with E-state index in [1.165, 1.54) is 22.4 Å². The summed E-state index contributed by atoms with van der Waals surface area (Å²) in [6.45, 7) is 7.33. The molecule has 0 spiro atoms. The van der Waals surface area contributed by atoms with Crippen molar-refractivity contribution in [1.29, 1.82) is 0 Å². The summed E-state index contributed by atoms with van der Waals surface area (Å²) in [6.07, 6.45) is 1.95. The van der Waals surface area contributed by atoms with E-state index in [0.29, 0.717) is 6.04 Å². The lowest BCUT2D eigenvalue weighted by atomic mass is 10.1. The van der Waals surface area contributed by atoms with Crippen molar-refractivity contribution < 1.29 is 0 Å². The number of benzene rings is 1. The van der Waals surface area contributed by atoms with E-state index in [2.05, 4.69) is 55.5 Å². The van der Waals surface area contributed by atoms with Gasteiger partial charge in [0.05, 0.1) is 6.20 Å². The molecule has 1 aromatic carbocycles. The standard InChI is InChI=1S/C15H21N3/c1-11-7-5-6-8-14(11)9-16-12(2)15-10-17-18(4)13(15)3/h5-8,10,12,16H,9H2,1-4H3. The second-order valence-electron chi connectivity index (χ2n) is 4.84. The van der Waals surface area contributed by atoms with E-state index in [4.69, 9.17) is 0 Å². The van der Waals surface area contributed by atoms with Gasteiger partial charge in [0, 0.05) is 30.9 Å². The van der Waals surface area contributed by atoms with Crippen LogP contribution < -0.4 is 5.32 Å². The molecule has 3 heteroatoms. The monoisotopic (exact) mass is 243 g/mol. The summed E-state index contributed by atoms with van der Waals surface area (Å²) in [5.41, 5.74) is 5.18. The van der Waals surface area contributed by atoms with Crippen LogP contribution >= 0.6 is 0 Å². The van der Waals surface area contributed by atoms with Gasteiger partial charge < -0.3 is 5.32 Å². The quantitative estimate of drug-likeness (QED) is 0.895. The molecule has 1 aromatic heterocycles. The molecule has 18 heavy (non-hydrogen) atoms. The van der Waals surface area contributed by atoms with Crippen LogP contribution in [0.1, 0.15) is 35.3 Å². The van der Waals surface area contributed by atoms with Crippen molar-refractivity contribution >= 4 is 0 Å². The Morgan fingerprint density at radius 1 is 1.28 bits per heavy atom. The molecule has 1 unspecified atom stereocenters. The zero-order valence-corrected chi connectivity index (χ0v) is 11.6. The lowest BCUT2D eigenvalue weighted by Crippen LogP contribution is -2.19. The fraction of sp³-hybridized carbons (Fsp3) is 0.400. The predicted octanol–water partition coefficient (Wildman–Crippen LogP) is 2.89. The summed E-state index contributed by atoms with van der Waals surface area (Å²) < 4.78 is 1.92. The smallest absolute Gasteiger partial charge is 0.0540 e. The Balaban J connectivity index is 2.03. The number of nitrogens with one attached hydrogen (secondary N) is 1. The maximum Gasteiger partial charge on any atom is 0.0540 e. The third kappa shape index (κ3) is 2.62. The van der Waals surface area contributed by atoms with Gasteiger partial charge in [-0.3, -0.25) is 4.68 Å². The Morgan fingerprint density at radius 3 is 2.61 bits per heavy atom. The molecule has 0 aliphatic rings. The Morgan fingerprint density at radius 2 is 2.00 bits per heavy atom. The maximum atomic E-state index is 4.29. The molecular weight excluding hydrogens is 222 g/mol. The lowest BCUT2D eigenvalue weighted by molar-refractivity contribution is 0.569. The van der Waals surface area contributed by atoms with Crippen LogP contribution in [0.25, 0.3) is 0 Å². The van der Waals surface area contributed by atoms with Gasteiger partial charge in [-0.25, -0.2) is 0 Å². The number of aromatic nitrogens is 2. The molecule has 0 aliphatic carbocycles. The summed E-state index contributed by atoms with van der Waals surface area (Å²) >= 11 is 0. The lowest BCUT2D eigenvalue weighted by Gasteiger charge is -2.14. The molecule has 1 N–H and O–H groups in total. The molecule has 96 valence electrons. The summed E-state index contributed by atoms with van der Waals surface area (Å²) in [4.78, 5) is 0. The Hall–Kier alpha value is -1.61.